The Labute approximate surface area is 190 Å². The normalized spacial score (nSPS) is 11.1. The average Bonchev–Trinajstić information content (AvgIpc) is 2.71. The van der Waals surface area contributed by atoms with E-state index < -0.39 is 15.8 Å². The number of fused-ring (bicyclic) bond motifs is 1. The molecule has 0 bridgehead atoms. The molecular weight excluding hydrogens is 513 g/mol. The van der Waals surface area contributed by atoms with Crippen LogP contribution in [0.1, 0.15) is 0 Å². The van der Waals surface area contributed by atoms with Crippen LogP contribution < -0.4 is 15.6 Å². The minimum Gasteiger partial charge on any atom is -0.506 e. The van der Waals surface area contributed by atoms with Crippen molar-refractivity contribution in [3.05, 3.63) is 71.6 Å². The number of anilines is 1. The lowest BCUT2D eigenvalue weighted by Crippen LogP contribution is -2.29. The molecule has 30 heavy (non-hydrogen) atoms. The largest absolute Gasteiger partial charge is 0.506 e. The number of hydrazine groups is 1. The molecule has 0 aliphatic rings. The van der Waals surface area contributed by atoms with Crippen LogP contribution in [0, 0.1) is 5.82 Å². The van der Waals surface area contributed by atoms with Crippen LogP contribution in [0.2, 0.25) is 0 Å². The lowest BCUT2D eigenvalue weighted by atomic mass is 10.1. The maximum Gasteiger partial charge on any atom is 0.262 e. The molecule has 0 radical (unpaired) electrons. The van der Waals surface area contributed by atoms with Crippen LogP contribution in [0.3, 0.4) is 0 Å². The van der Waals surface area contributed by atoms with Gasteiger partial charge in [-0.15, -0.1) is 0 Å². The minimum atomic E-state index is -4.09. The van der Waals surface area contributed by atoms with Crippen molar-refractivity contribution in [1.82, 2.24) is 10.9 Å². The molecule has 0 amide bonds. The van der Waals surface area contributed by atoms with Gasteiger partial charge in [0.15, 0.2) is 4.32 Å². The van der Waals surface area contributed by atoms with Gasteiger partial charge in [0, 0.05) is 17.0 Å². The number of phenols is 1. The fraction of sp³-hybridized carbons (Fsp3) is 0. The van der Waals surface area contributed by atoms with E-state index in [1.807, 2.05) is 0 Å². The summed E-state index contributed by atoms with van der Waals surface area (Å²) < 4.78 is 42.5. The fourth-order valence-corrected chi connectivity index (χ4v) is 4.93. The number of rotatable bonds is 6. The average molecular weight is 528 g/mol. The number of phenolic OH excluding ortho intramolecular Hbond substituents is 1. The predicted octanol–water partition coefficient (Wildman–Crippen LogP) is 4.86. The second-order valence-corrected chi connectivity index (χ2v) is 10.1. The number of thioether (sulfide) groups is 1. The molecule has 0 saturated carbocycles. The molecule has 156 valence electrons. The summed E-state index contributed by atoms with van der Waals surface area (Å²) in [4.78, 5) is 0.0960. The Morgan fingerprint density at radius 2 is 1.90 bits per heavy atom. The zero-order valence-electron chi connectivity index (χ0n) is 15.1. The molecule has 4 N–H and O–H groups in total. The van der Waals surface area contributed by atoms with Gasteiger partial charge in [0.1, 0.15) is 11.6 Å². The van der Waals surface area contributed by atoms with Crippen LogP contribution >= 0.6 is 39.9 Å². The summed E-state index contributed by atoms with van der Waals surface area (Å²) in [6, 6.07) is 11.7. The number of benzene rings is 3. The Morgan fingerprint density at radius 3 is 2.57 bits per heavy atom. The van der Waals surface area contributed by atoms with Crippen LogP contribution in [0.4, 0.5) is 10.1 Å². The highest BCUT2D eigenvalue weighted by Gasteiger charge is 2.20. The summed E-state index contributed by atoms with van der Waals surface area (Å²) in [5.74, 6) is -0.744. The van der Waals surface area contributed by atoms with Crippen molar-refractivity contribution in [3.63, 3.8) is 0 Å². The van der Waals surface area contributed by atoms with Gasteiger partial charge in [0.2, 0.25) is 0 Å². The van der Waals surface area contributed by atoms with Gasteiger partial charge in [-0.05, 0) is 40.2 Å². The van der Waals surface area contributed by atoms with E-state index in [4.69, 9.17) is 12.2 Å². The summed E-state index contributed by atoms with van der Waals surface area (Å²) in [5, 5.41) is 11.6. The number of hydrogen-bond donors (Lipinski definition) is 4. The first-order chi connectivity index (χ1) is 14.2. The highest BCUT2D eigenvalue weighted by atomic mass is 79.9. The fourth-order valence-electron chi connectivity index (χ4n) is 2.58. The van der Waals surface area contributed by atoms with E-state index in [0.29, 0.717) is 15.7 Å². The minimum absolute atomic E-state index is 0.0454. The first-order valence-corrected chi connectivity index (χ1v) is 11.8. The maximum absolute atomic E-state index is 13.9. The van der Waals surface area contributed by atoms with Crippen LogP contribution in [0.5, 0.6) is 5.75 Å². The van der Waals surface area contributed by atoms with E-state index in [1.54, 1.807) is 24.3 Å². The summed E-state index contributed by atoms with van der Waals surface area (Å²) in [5.41, 5.74) is 5.54. The number of nitrogens with one attached hydrogen (secondary N) is 3. The Kier molecular flexibility index (Phi) is 6.86. The predicted molar refractivity (Wildman–Crippen MR) is 125 cm³/mol. The van der Waals surface area contributed by atoms with Gasteiger partial charge in [0.25, 0.3) is 10.0 Å². The van der Waals surface area contributed by atoms with Crippen LogP contribution in [-0.2, 0) is 10.0 Å². The molecule has 3 rings (SSSR count). The third kappa shape index (κ3) is 4.86. The SMILES string of the molecule is C=CNNC(=S)Sc1cc(NS(=O)(=O)c2ccc(Br)c(F)c2)c2ccccc2c1O. The van der Waals surface area contributed by atoms with Crippen molar-refractivity contribution < 1.29 is 17.9 Å². The van der Waals surface area contributed by atoms with Gasteiger partial charge in [-0.25, -0.2) is 12.8 Å². The van der Waals surface area contributed by atoms with Crippen LogP contribution in [-0.4, -0.2) is 17.8 Å². The Hall–Kier alpha value is -2.34. The van der Waals surface area contributed by atoms with Crippen molar-refractivity contribution in [2.24, 2.45) is 0 Å². The van der Waals surface area contributed by atoms with Gasteiger partial charge < -0.3 is 10.5 Å². The van der Waals surface area contributed by atoms with Gasteiger partial charge in [0.05, 0.1) is 20.0 Å². The first kappa shape index (κ1) is 22.3. The molecule has 0 unspecified atom stereocenters. The van der Waals surface area contributed by atoms with Gasteiger partial charge in [-0.2, -0.15) is 0 Å². The number of sulfonamides is 1. The standard InChI is InChI=1S/C19H15BrFN3O3S3/c1-2-22-23-19(28)29-17-10-16(12-5-3-4-6-13(12)18(17)25)24-30(26,27)11-7-8-14(20)15(21)9-11/h2-10,22,24-25H,1H2,(H,23,28). The molecule has 0 atom stereocenters. The molecule has 0 fully saturated rings. The Morgan fingerprint density at radius 1 is 1.20 bits per heavy atom. The second-order valence-electron chi connectivity index (χ2n) is 5.86. The third-order valence-corrected chi connectivity index (χ3v) is 7.08. The van der Waals surface area contributed by atoms with E-state index in [-0.39, 0.29) is 25.1 Å². The van der Waals surface area contributed by atoms with Crippen molar-refractivity contribution in [2.45, 2.75) is 9.79 Å². The van der Waals surface area contributed by atoms with Crippen molar-refractivity contribution in [1.29, 1.82) is 0 Å². The molecule has 0 saturated heterocycles. The van der Waals surface area contributed by atoms with Crippen molar-refractivity contribution in [3.8, 4) is 5.75 Å². The molecule has 0 spiro atoms. The topological polar surface area (TPSA) is 90.5 Å². The second kappa shape index (κ2) is 9.21. The van der Waals surface area contributed by atoms with E-state index in [1.165, 1.54) is 24.4 Å². The molecule has 11 heteroatoms. The van der Waals surface area contributed by atoms with E-state index in [9.17, 15) is 17.9 Å². The van der Waals surface area contributed by atoms with Gasteiger partial charge >= 0.3 is 0 Å². The number of hydrogen-bond acceptors (Lipinski definition) is 6. The molecule has 3 aromatic carbocycles. The monoisotopic (exact) mass is 527 g/mol. The Bertz CT molecular complexity index is 1250. The zero-order valence-corrected chi connectivity index (χ0v) is 19.2. The highest BCUT2D eigenvalue weighted by molar-refractivity contribution is 9.10. The van der Waals surface area contributed by atoms with Crippen molar-refractivity contribution >= 4 is 70.7 Å². The smallest absolute Gasteiger partial charge is 0.262 e. The lowest BCUT2D eigenvalue weighted by molar-refractivity contribution is 0.469. The van der Waals surface area contributed by atoms with Crippen LogP contribution in [0.15, 0.2) is 75.6 Å². The van der Waals surface area contributed by atoms with E-state index in [0.717, 1.165) is 17.8 Å². The summed E-state index contributed by atoms with van der Waals surface area (Å²) in [7, 11) is -4.09. The molecule has 0 aliphatic carbocycles. The summed E-state index contributed by atoms with van der Waals surface area (Å²) in [6.07, 6.45) is 1.39. The molecular formula is C19H15BrFN3O3S3. The Balaban J connectivity index is 2.06. The number of aromatic hydroxyl groups is 1. The van der Waals surface area contributed by atoms with E-state index >= 15 is 0 Å². The number of halogens is 2. The third-order valence-electron chi connectivity index (χ3n) is 3.91. The van der Waals surface area contributed by atoms with Crippen molar-refractivity contribution in [2.75, 3.05) is 4.72 Å². The molecule has 3 aromatic rings. The molecule has 6 nitrogen and oxygen atoms in total. The maximum atomic E-state index is 13.9. The van der Waals surface area contributed by atoms with Crippen LogP contribution in [0.25, 0.3) is 10.8 Å². The molecule has 0 aliphatic heterocycles. The molecule has 0 heterocycles. The van der Waals surface area contributed by atoms with E-state index in [2.05, 4.69) is 38.1 Å². The highest BCUT2D eigenvalue weighted by Crippen LogP contribution is 2.40. The zero-order chi connectivity index (χ0) is 21.9. The van der Waals surface area contributed by atoms with Gasteiger partial charge in [-0.3, -0.25) is 10.1 Å². The molecule has 0 aromatic heterocycles. The summed E-state index contributed by atoms with van der Waals surface area (Å²) >= 11 is 9.21. The lowest BCUT2D eigenvalue weighted by Gasteiger charge is -2.15. The number of thiocarbonyl (C=S) groups is 1. The first-order valence-electron chi connectivity index (χ1n) is 8.30. The summed E-state index contributed by atoms with van der Waals surface area (Å²) in [6.45, 7) is 3.49. The quantitative estimate of drug-likeness (QED) is 0.157. The van der Waals surface area contributed by atoms with Gasteiger partial charge in [-0.1, -0.05) is 54.8 Å².